The van der Waals surface area contributed by atoms with Crippen LogP contribution in [-0.2, 0) is 5.41 Å². The summed E-state index contributed by atoms with van der Waals surface area (Å²) in [4.78, 5) is 10.8. The quantitative estimate of drug-likeness (QED) is 0.161. The number of furan rings is 1. The van der Waals surface area contributed by atoms with Gasteiger partial charge in [-0.15, -0.1) is 0 Å². The Balaban J connectivity index is 1.10. The van der Waals surface area contributed by atoms with Crippen LogP contribution in [0.5, 0.6) is 0 Å². The maximum Gasteiger partial charge on any atom is 0.160 e. The molecule has 2 heterocycles. The smallest absolute Gasteiger partial charge is 0.160 e. The van der Waals surface area contributed by atoms with Crippen LogP contribution >= 0.6 is 0 Å². The number of fused-ring (bicyclic) bond motifs is 6. The van der Waals surface area contributed by atoms with Gasteiger partial charge < -0.3 is 4.42 Å². The summed E-state index contributed by atoms with van der Waals surface area (Å²) in [6.07, 6.45) is 0. The molecule has 3 heteroatoms. The molecule has 0 amide bonds. The third kappa shape index (κ3) is 5.52. The van der Waals surface area contributed by atoms with Gasteiger partial charge in [-0.1, -0.05) is 218 Å². The molecule has 0 saturated heterocycles. The number of para-hydroxylation sites is 2. The normalized spacial score (nSPS) is 12.6. The fourth-order valence-corrected chi connectivity index (χ4v) is 10.00. The van der Waals surface area contributed by atoms with Crippen molar-refractivity contribution in [3.05, 3.63) is 253 Å². The monoisotopic (exact) mass is 790 g/mol. The minimum absolute atomic E-state index is 0.526. The van der Waals surface area contributed by atoms with Crippen molar-refractivity contribution in [3.8, 4) is 67.3 Å². The molecule has 9 aromatic carbocycles. The summed E-state index contributed by atoms with van der Waals surface area (Å²) in [5, 5.41) is 2.22. The number of aromatic nitrogens is 2. The van der Waals surface area contributed by atoms with Crippen LogP contribution in [0.2, 0.25) is 0 Å². The third-order valence-corrected chi connectivity index (χ3v) is 12.6. The van der Waals surface area contributed by atoms with Gasteiger partial charge in [-0.25, -0.2) is 9.97 Å². The molecule has 0 bridgehead atoms. The molecule has 1 aliphatic rings. The predicted molar refractivity (Wildman–Crippen MR) is 254 cm³/mol. The molecule has 1 aliphatic carbocycles. The second kappa shape index (κ2) is 14.5. The average Bonchev–Trinajstić information content (AvgIpc) is 3.89. The first-order valence-corrected chi connectivity index (χ1v) is 21.2. The number of nitrogens with zero attached hydrogens (tertiary/aromatic N) is 2. The first kappa shape index (κ1) is 35.8. The summed E-state index contributed by atoms with van der Waals surface area (Å²) >= 11 is 0. The Bertz CT molecular complexity index is 3420. The van der Waals surface area contributed by atoms with Gasteiger partial charge in [0.1, 0.15) is 11.2 Å². The van der Waals surface area contributed by atoms with Gasteiger partial charge >= 0.3 is 0 Å². The van der Waals surface area contributed by atoms with E-state index in [1.54, 1.807) is 0 Å². The Kier molecular flexibility index (Phi) is 8.39. The van der Waals surface area contributed by atoms with Crippen molar-refractivity contribution in [2.24, 2.45) is 0 Å². The van der Waals surface area contributed by atoms with E-state index >= 15 is 0 Å². The number of hydrogen-bond acceptors (Lipinski definition) is 3. The van der Waals surface area contributed by atoms with Crippen LogP contribution in [0.15, 0.2) is 235 Å². The van der Waals surface area contributed by atoms with Gasteiger partial charge in [0.15, 0.2) is 5.82 Å². The van der Waals surface area contributed by atoms with Crippen molar-refractivity contribution in [1.82, 2.24) is 9.97 Å². The van der Waals surface area contributed by atoms with Gasteiger partial charge in [0.25, 0.3) is 0 Å². The van der Waals surface area contributed by atoms with E-state index in [1.807, 2.05) is 18.2 Å². The van der Waals surface area contributed by atoms with E-state index in [-0.39, 0.29) is 0 Å². The largest absolute Gasteiger partial charge is 0.455 e. The van der Waals surface area contributed by atoms with Crippen molar-refractivity contribution in [3.63, 3.8) is 0 Å². The van der Waals surface area contributed by atoms with Gasteiger partial charge in [0.05, 0.1) is 16.8 Å². The lowest BCUT2D eigenvalue weighted by Crippen LogP contribution is -2.28. The summed E-state index contributed by atoms with van der Waals surface area (Å²) in [5.41, 5.74) is 17.7. The first-order chi connectivity index (χ1) is 30.8. The van der Waals surface area contributed by atoms with Gasteiger partial charge in [-0.05, 0) is 62.2 Å². The molecular formula is C59H38N2O. The fourth-order valence-electron chi connectivity index (χ4n) is 10.00. The molecule has 290 valence electrons. The minimum Gasteiger partial charge on any atom is -0.455 e. The molecule has 0 N–H and O–H groups in total. The Hall–Kier alpha value is -8.14. The van der Waals surface area contributed by atoms with Crippen LogP contribution < -0.4 is 0 Å². The highest BCUT2D eigenvalue weighted by atomic mass is 16.3. The van der Waals surface area contributed by atoms with Crippen molar-refractivity contribution in [2.45, 2.75) is 5.41 Å². The predicted octanol–water partition coefficient (Wildman–Crippen LogP) is 15.1. The standard InChI is InChI=1S/C59H38N2O/c1-4-20-39(21-5-1)58-60-53(45-29-13-12-27-43(45)42-26-10-11-28-44(42)47-32-18-33-48-46-30-15-17-37-55(46)62-57(47)48)38-54(61-58)50-34-19-36-52-56(50)49-31-14-16-35-51(49)59(52,40-22-6-2-7-23-40)41-24-8-3-9-25-41/h1-38H. The zero-order chi connectivity index (χ0) is 41.0. The highest BCUT2D eigenvalue weighted by Gasteiger charge is 2.46. The van der Waals surface area contributed by atoms with E-state index in [4.69, 9.17) is 14.4 Å². The lowest BCUT2D eigenvalue weighted by molar-refractivity contribution is 0.670. The zero-order valence-corrected chi connectivity index (χ0v) is 33.7. The number of rotatable bonds is 7. The fraction of sp³-hybridized carbons (Fsp3) is 0.0169. The van der Waals surface area contributed by atoms with Crippen molar-refractivity contribution in [2.75, 3.05) is 0 Å². The summed E-state index contributed by atoms with van der Waals surface area (Å²) in [6.45, 7) is 0. The molecule has 0 atom stereocenters. The molecule has 3 nitrogen and oxygen atoms in total. The second-order valence-electron chi connectivity index (χ2n) is 16.0. The van der Waals surface area contributed by atoms with Crippen LogP contribution in [0.3, 0.4) is 0 Å². The van der Waals surface area contributed by atoms with Crippen LogP contribution in [0.4, 0.5) is 0 Å². The molecule has 62 heavy (non-hydrogen) atoms. The van der Waals surface area contributed by atoms with Gasteiger partial charge in [0, 0.05) is 33.0 Å². The highest BCUT2D eigenvalue weighted by molar-refractivity contribution is 6.11. The summed E-state index contributed by atoms with van der Waals surface area (Å²) < 4.78 is 6.59. The lowest BCUT2D eigenvalue weighted by Gasteiger charge is -2.33. The Morgan fingerprint density at radius 1 is 0.339 bits per heavy atom. The Labute approximate surface area is 360 Å². The number of benzene rings is 9. The molecule has 0 radical (unpaired) electrons. The molecule has 11 aromatic rings. The molecule has 0 unspecified atom stereocenters. The molecule has 2 aromatic heterocycles. The molecule has 0 fully saturated rings. The maximum atomic E-state index is 6.59. The van der Waals surface area contributed by atoms with Gasteiger partial charge in [0.2, 0.25) is 0 Å². The molecular weight excluding hydrogens is 753 g/mol. The van der Waals surface area contributed by atoms with E-state index in [0.29, 0.717) is 5.82 Å². The van der Waals surface area contributed by atoms with Crippen LogP contribution in [0, 0.1) is 0 Å². The molecule has 12 rings (SSSR count). The summed E-state index contributed by atoms with van der Waals surface area (Å²) in [5.74, 6) is 0.675. The first-order valence-electron chi connectivity index (χ1n) is 21.2. The van der Waals surface area contributed by atoms with E-state index in [9.17, 15) is 0 Å². The van der Waals surface area contributed by atoms with Crippen LogP contribution in [0.25, 0.3) is 89.2 Å². The molecule has 0 aliphatic heterocycles. The Morgan fingerprint density at radius 3 is 1.52 bits per heavy atom. The minimum atomic E-state index is -0.526. The molecule has 0 saturated carbocycles. The van der Waals surface area contributed by atoms with E-state index in [0.717, 1.165) is 72.3 Å². The van der Waals surface area contributed by atoms with Crippen LogP contribution in [-0.4, -0.2) is 9.97 Å². The highest BCUT2D eigenvalue weighted by Crippen LogP contribution is 2.58. The SMILES string of the molecule is c1ccc(-c2nc(-c3ccccc3-c3ccccc3-c3cccc4c3oc3ccccc34)cc(-c3cccc4c3-c3ccccc3C4(c3ccccc3)c3ccccc3)n2)cc1. The second-order valence-corrected chi connectivity index (χ2v) is 16.0. The summed E-state index contributed by atoms with van der Waals surface area (Å²) in [6, 6.07) is 82.1. The summed E-state index contributed by atoms with van der Waals surface area (Å²) in [7, 11) is 0. The van der Waals surface area contributed by atoms with E-state index in [1.165, 1.54) is 33.4 Å². The Morgan fingerprint density at radius 2 is 0.806 bits per heavy atom. The van der Waals surface area contributed by atoms with Crippen molar-refractivity contribution < 1.29 is 4.42 Å². The lowest BCUT2D eigenvalue weighted by atomic mass is 9.67. The van der Waals surface area contributed by atoms with Gasteiger partial charge in [-0.3, -0.25) is 0 Å². The van der Waals surface area contributed by atoms with Gasteiger partial charge in [-0.2, -0.15) is 0 Å². The van der Waals surface area contributed by atoms with E-state index in [2.05, 4.69) is 212 Å². The third-order valence-electron chi connectivity index (χ3n) is 12.6. The number of hydrogen-bond donors (Lipinski definition) is 0. The molecule has 0 spiro atoms. The van der Waals surface area contributed by atoms with Crippen LogP contribution in [0.1, 0.15) is 22.3 Å². The topological polar surface area (TPSA) is 38.9 Å². The average molecular weight is 791 g/mol. The van der Waals surface area contributed by atoms with Crippen molar-refractivity contribution in [1.29, 1.82) is 0 Å². The maximum absolute atomic E-state index is 6.59. The van der Waals surface area contributed by atoms with Crippen molar-refractivity contribution >= 4 is 21.9 Å². The zero-order valence-electron chi connectivity index (χ0n) is 33.7. The van der Waals surface area contributed by atoms with E-state index < -0.39 is 5.41 Å².